The number of rotatable bonds is 2. The second-order valence-corrected chi connectivity index (χ2v) is 9.26. The summed E-state index contributed by atoms with van der Waals surface area (Å²) < 4.78 is 0. The van der Waals surface area contributed by atoms with Crippen LogP contribution >= 0.6 is 18.6 Å². The summed E-state index contributed by atoms with van der Waals surface area (Å²) in [5, 5.41) is 4.81. The van der Waals surface area contributed by atoms with Crippen LogP contribution < -0.4 is 0 Å². The van der Waals surface area contributed by atoms with E-state index in [1.54, 1.807) is 0 Å². The van der Waals surface area contributed by atoms with E-state index in [-0.39, 0.29) is 13.0 Å². The molecule has 0 aromatic carbocycles. The van der Waals surface area contributed by atoms with Gasteiger partial charge in [0.05, 0.1) is 0 Å². The van der Waals surface area contributed by atoms with E-state index in [2.05, 4.69) is 48.5 Å². The van der Waals surface area contributed by atoms with Gasteiger partial charge in [-0.1, -0.05) is 54.4 Å². The van der Waals surface area contributed by atoms with E-state index in [1.807, 2.05) is 0 Å². The monoisotopic (exact) mass is 343 g/mol. The molecule has 1 rings (SSSR count). The molecule has 19 heavy (non-hydrogen) atoms. The molecule has 0 heterocycles. The maximum absolute atomic E-state index is 4.89. The molecular formula is C15H31Cl2NTi-2. The van der Waals surface area contributed by atoms with Crippen molar-refractivity contribution in [2.75, 3.05) is 6.54 Å². The molecule has 1 nitrogen and oxygen atoms in total. The van der Waals surface area contributed by atoms with Gasteiger partial charge in [-0.3, -0.25) is 0 Å². The molecule has 0 aromatic heterocycles. The second-order valence-electron chi connectivity index (χ2n) is 6.68. The molecule has 1 saturated carbocycles. The van der Waals surface area contributed by atoms with Crippen molar-refractivity contribution >= 4 is 18.6 Å². The van der Waals surface area contributed by atoms with Gasteiger partial charge in [-0.2, -0.15) is 0 Å². The molecule has 0 aromatic rings. The fourth-order valence-corrected chi connectivity index (χ4v) is 2.93. The fourth-order valence-electron chi connectivity index (χ4n) is 2.93. The Morgan fingerprint density at radius 2 is 1.21 bits per heavy atom. The van der Waals surface area contributed by atoms with Gasteiger partial charge in [-0.05, 0) is 23.7 Å². The molecule has 0 saturated heterocycles. The van der Waals surface area contributed by atoms with Crippen molar-refractivity contribution in [3.8, 4) is 0 Å². The Hall–Kier alpha value is 1.25. The minimum absolute atomic E-state index is 0. The van der Waals surface area contributed by atoms with Crippen molar-refractivity contribution < 1.29 is 17.0 Å². The summed E-state index contributed by atoms with van der Waals surface area (Å²) in [6, 6.07) is 0. The molecule has 1 fully saturated rings. The Kier molecular flexibility index (Phi) is 11.9. The van der Waals surface area contributed by atoms with Crippen molar-refractivity contribution in [2.45, 2.75) is 54.0 Å². The van der Waals surface area contributed by atoms with Crippen LogP contribution in [0.1, 0.15) is 48.5 Å². The van der Waals surface area contributed by atoms with E-state index in [9.17, 15) is 0 Å². The van der Waals surface area contributed by atoms with Gasteiger partial charge in [0.25, 0.3) is 0 Å². The summed E-state index contributed by atoms with van der Waals surface area (Å²) in [6.07, 6.45) is 0. The van der Waals surface area contributed by atoms with Crippen LogP contribution in [-0.2, 0) is 17.0 Å². The van der Waals surface area contributed by atoms with Crippen LogP contribution in [0.3, 0.4) is 0 Å². The molecule has 4 atom stereocenters. The minimum atomic E-state index is -0.556. The molecule has 4 unspecified atom stereocenters. The number of halogens is 2. The Morgan fingerprint density at radius 3 is 1.47 bits per heavy atom. The molecule has 0 spiro atoms. The predicted octanol–water partition coefficient (Wildman–Crippen LogP) is 6.16. The van der Waals surface area contributed by atoms with Gasteiger partial charge in [0, 0.05) is 0 Å². The normalized spacial score (nSPS) is 34.1. The van der Waals surface area contributed by atoms with Crippen LogP contribution in [0, 0.1) is 37.0 Å². The molecule has 0 amide bonds. The SMILES string of the molecule is CC1C(C)C(C)C(C[N-]C(C)(C)C)C1C.[CH3-].[Cl][Ti][Cl]. The van der Waals surface area contributed by atoms with Crippen molar-refractivity contribution in [1.82, 2.24) is 0 Å². The van der Waals surface area contributed by atoms with Gasteiger partial charge in [0.2, 0.25) is 0 Å². The first-order chi connectivity index (χ1) is 8.15. The molecule has 1 aliphatic carbocycles. The first-order valence-electron chi connectivity index (χ1n) is 6.80. The van der Waals surface area contributed by atoms with E-state index in [0.29, 0.717) is 0 Å². The molecule has 0 aliphatic heterocycles. The van der Waals surface area contributed by atoms with Crippen molar-refractivity contribution in [1.29, 1.82) is 0 Å². The third-order valence-corrected chi connectivity index (χ3v) is 4.62. The van der Waals surface area contributed by atoms with Crippen LogP contribution in [0.5, 0.6) is 0 Å². The van der Waals surface area contributed by atoms with E-state index in [4.69, 9.17) is 23.9 Å². The molecule has 1 aliphatic rings. The second kappa shape index (κ2) is 10.1. The first kappa shape index (κ1) is 22.5. The van der Waals surface area contributed by atoms with Crippen molar-refractivity contribution in [3.63, 3.8) is 0 Å². The van der Waals surface area contributed by atoms with Crippen LogP contribution in [0.4, 0.5) is 0 Å². The summed E-state index contributed by atoms with van der Waals surface area (Å²) in [6.45, 7) is 17.3. The van der Waals surface area contributed by atoms with Crippen LogP contribution in [0.15, 0.2) is 0 Å². The maximum atomic E-state index is 4.89. The van der Waals surface area contributed by atoms with Gasteiger partial charge in [0.15, 0.2) is 0 Å². The Bertz CT molecular complexity index is 217. The first-order valence-corrected chi connectivity index (χ1v) is 11.1. The van der Waals surface area contributed by atoms with E-state index >= 15 is 0 Å². The average molecular weight is 344 g/mol. The van der Waals surface area contributed by atoms with E-state index < -0.39 is 17.0 Å². The standard InChI is InChI=1S/C14H28N.CH3.2ClH.Ti/c1-9-10(2)12(4)13(11(9)3)8-15-14(5,6)7;;;;/h9-13H,8H2,1-7H3;1H3;2*1H;/q2*-1;;;+2/p-2. The topological polar surface area (TPSA) is 14.1 Å². The van der Waals surface area contributed by atoms with Crippen molar-refractivity contribution in [3.05, 3.63) is 12.7 Å². The Morgan fingerprint density at radius 1 is 0.895 bits per heavy atom. The Balaban J connectivity index is 0. The van der Waals surface area contributed by atoms with Gasteiger partial charge in [-0.15, -0.1) is 12.1 Å². The summed E-state index contributed by atoms with van der Waals surface area (Å²) in [7, 11) is 9.78. The zero-order valence-corrected chi connectivity index (χ0v) is 16.9. The molecule has 116 valence electrons. The molecule has 0 bridgehead atoms. The van der Waals surface area contributed by atoms with Gasteiger partial charge >= 0.3 is 35.6 Å². The van der Waals surface area contributed by atoms with Crippen LogP contribution in [0.25, 0.3) is 5.32 Å². The predicted molar refractivity (Wildman–Crippen MR) is 86.2 cm³/mol. The number of hydrogen-bond donors (Lipinski definition) is 0. The van der Waals surface area contributed by atoms with Gasteiger partial charge < -0.3 is 12.7 Å². The third kappa shape index (κ3) is 7.72. The molecule has 0 N–H and O–H groups in total. The third-order valence-electron chi connectivity index (χ3n) is 4.62. The average Bonchev–Trinajstić information content (AvgIpc) is 2.42. The number of hydrogen-bond acceptors (Lipinski definition) is 0. The quantitative estimate of drug-likeness (QED) is 0.421. The summed E-state index contributed by atoms with van der Waals surface area (Å²) >= 11 is -0.556. The Labute approximate surface area is 138 Å². The molecular weight excluding hydrogens is 313 g/mol. The van der Waals surface area contributed by atoms with Crippen molar-refractivity contribution in [2.24, 2.45) is 29.6 Å². The molecule has 0 radical (unpaired) electrons. The van der Waals surface area contributed by atoms with Gasteiger partial charge in [-0.25, -0.2) is 0 Å². The van der Waals surface area contributed by atoms with Crippen LogP contribution in [0.2, 0.25) is 0 Å². The fraction of sp³-hybridized carbons (Fsp3) is 0.933. The zero-order chi connectivity index (χ0) is 14.5. The summed E-state index contributed by atoms with van der Waals surface area (Å²) in [5.41, 5.74) is 0.133. The zero-order valence-electron chi connectivity index (χ0n) is 13.8. The number of nitrogens with zero attached hydrogens (tertiary/aromatic N) is 1. The summed E-state index contributed by atoms with van der Waals surface area (Å²) in [5.74, 6) is 4.19. The van der Waals surface area contributed by atoms with Crippen LogP contribution in [-0.4, -0.2) is 12.1 Å². The summed E-state index contributed by atoms with van der Waals surface area (Å²) in [4.78, 5) is 0. The van der Waals surface area contributed by atoms with E-state index in [1.165, 1.54) is 0 Å². The van der Waals surface area contributed by atoms with E-state index in [0.717, 1.165) is 36.1 Å². The van der Waals surface area contributed by atoms with Gasteiger partial charge in [0.1, 0.15) is 0 Å². The molecule has 4 heteroatoms.